The number of thiocarbonyl (C=S) groups is 1. The first kappa shape index (κ1) is 11.4. The number of hydrogen-bond donors (Lipinski definition) is 0. The van der Waals surface area contributed by atoms with Gasteiger partial charge in [-0.3, -0.25) is 4.79 Å². The van der Waals surface area contributed by atoms with E-state index in [0.717, 1.165) is 0 Å². The summed E-state index contributed by atoms with van der Waals surface area (Å²) in [6, 6.07) is -0.479. The quantitative estimate of drug-likeness (QED) is 0.481. The van der Waals surface area contributed by atoms with Gasteiger partial charge in [0.1, 0.15) is 6.04 Å². The zero-order chi connectivity index (χ0) is 9.56. The maximum atomic E-state index is 11.4. The summed E-state index contributed by atoms with van der Waals surface area (Å²) in [6.45, 7) is 3.93. The Hall–Kier alpha value is -0.570. The Morgan fingerprint density at radius 3 is 2.58 bits per heavy atom. The molecule has 0 aliphatic heterocycles. The molecule has 0 aromatic rings. The van der Waals surface area contributed by atoms with Gasteiger partial charge in [-0.1, -0.05) is 13.8 Å². The Kier molecular flexibility index (Phi) is 5.72. The van der Waals surface area contributed by atoms with Crippen molar-refractivity contribution in [1.82, 2.24) is 0 Å². The van der Waals surface area contributed by atoms with Crippen molar-refractivity contribution >= 4 is 23.2 Å². The molecule has 0 rings (SSSR count). The van der Waals surface area contributed by atoms with Gasteiger partial charge in [0.05, 0.1) is 11.8 Å². The monoisotopic (exact) mass is 187 g/mol. The van der Waals surface area contributed by atoms with Crippen molar-refractivity contribution in [2.75, 3.05) is 13.7 Å². The van der Waals surface area contributed by atoms with Crippen LogP contribution in [0.4, 0.5) is 0 Å². The van der Waals surface area contributed by atoms with Gasteiger partial charge in [0.15, 0.2) is 5.78 Å². The van der Waals surface area contributed by atoms with Crippen LogP contribution < -0.4 is 0 Å². The van der Waals surface area contributed by atoms with Crippen LogP contribution in [0.25, 0.3) is 0 Å². The molecule has 0 radical (unpaired) electrons. The normalized spacial score (nSPS) is 12.3. The topological polar surface area (TPSA) is 38.7 Å². The van der Waals surface area contributed by atoms with Crippen LogP contribution in [0, 0.1) is 5.92 Å². The lowest BCUT2D eigenvalue weighted by atomic mass is 10.0. The van der Waals surface area contributed by atoms with Gasteiger partial charge in [-0.2, -0.15) is 0 Å². The van der Waals surface area contributed by atoms with Crippen molar-refractivity contribution in [3.8, 4) is 0 Å². The fraction of sp³-hybridized carbons (Fsp3) is 0.750. The fourth-order valence-corrected chi connectivity index (χ4v) is 0.917. The van der Waals surface area contributed by atoms with Crippen molar-refractivity contribution in [1.29, 1.82) is 0 Å². The highest BCUT2D eigenvalue weighted by molar-refractivity contribution is 7.78. The Labute approximate surface area is 77.8 Å². The summed E-state index contributed by atoms with van der Waals surface area (Å²) >= 11 is 4.42. The third kappa shape index (κ3) is 3.72. The zero-order valence-corrected chi connectivity index (χ0v) is 8.35. The van der Waals surface area contributed by atoms with Crippen LogP contribution in [-0.4, -0.2) is 30.7 Å². The van der Waals surface area contributed by atoms with E-state index in [2.05, 4.69) is 22.4 Å². The summed E-state index contributed by atoms with van der Waals surface area (Å²) in [5.41, 5.74) is 0. The molecule has 0 saturated heterocycles. The third-order valence-electron chi connectivity index (χ3n) is 1.43. The number of isothiocyanates is 1. The van der Waals surface area contributed by atoms with Gasteiger partial charge in [0.2, 0.25) is 0 Å². The van der Waals surface area contributed by atoms with Crippen LogP contribution in [0.1, 0.15) is 13.8 Å². The van der Waals surface area contributed by atoms with Crippen molar-refractivity contribution in [3.05, 3.63) is 0 Å². The molecular weight excluding hydrogens is 174 g/mol. The van der Waals surface area contributed by atoms with Crippen molar-refractivity contribution in [2.24, 2.45) is 10.9 Å². The summed E-state index contributed by atoms with van der Waals surface area (Å²) in [4.78, 5) is 15.1. The second-order valence-electron chi connectivity index (χ2n) is 2.75. The van der Waals surface area contributed by atoms with E-state index in [1.165, 1.54) is 7.11 Å². The molecule has 0 amide bonds. The molecule has 0 saturated carbocycles. The second-order valence-corrected chi connectivity index (χ2v) is 2.93. The van der Waals surface area contributed by atoms with E-state index in [4.69, 9.17) is 4.74 Å². The lowest BCUT2D eigenvalue weighted by Crippen LogP contribution is -2.27. The molecule has 0 fully saturated rings. The average molecular weight is 187 g/mol. The van der Waals surface area contributed by atoms with Gasteiger partial charge in [0.25, 0.3) is 0 Å². The molecular formula is C8H13NO2S. The number of ether oxygens (including phenoxy) is 1. The predicted octanol–water partition coefficient (Wildman–Crippen LogP) is 1.33. The van der Waals surface area contributed by atoms with E-state index < -0.39 is 6.04 Å². The Morgan fingerprint density at radius 2 is 2.25 bits per heavy atom. The van der Waals surface area contributed by atoms with Crippen molar-refractivity contribution < 1.29 is 9.53 Å². The molecule has 68 valence electrons. The molecule has 0 aromatic heterocycles. The number of nitrogens with zero attached hydrogens (tertiary/aromatic N) is 1. The number of methoxy groups -OCH3 is 1. The zero-order valence-electron chi connectivity index (χ0n) is 7.53. The Bertz CT molecular complexity index is 197. The number of carbonyl (C=O) groups excluding carboxylic acids is 1. The van der Waals surface area contributed by atoms with E-state index in [1.807, 2.05) is 13.8 Å². The average Bonchev–Trinajstić information content (AvgIpc) is 2.03. The largest absolute Gasteiger partial charge is 0.382 e. The molecule has 0 aliphatic rings. The van der Waals surface area contributed by atoms with Crippen LogP contribution in [0.5, 0.6) is 0 Å². The van der Waals surface area contributed by atoms with Gasteiger partial charge >= 0.3 is 0 Å². The van der Waals surface area contributed by atoms with Crippen molar-refractivity contribution in [3.63, 3.8) is 0 Å². The first-order valence-corrected chi connectivity index (χ1v) is 4.14. The molecule has 0 aromatic carbocycles. The molecule has 0 N–H and O–H groups in total. The molecule has 4 heteroatoms. The smallest absolute Gasteiger partial charge is 0.163 e. The van der Waals surface area contributed by atoms with Crippen LogP contribution >= 0.6 is 12.2 Å². The van der Waals surface area contributed by atoms with E-state index >= 15 is 0 Å². The number of carbonyl (C=O) groups is 1. The predicted molar refractivity (Wildman–Crippen MR) is 50.5 cm³/mol. The third-order valence-corrected chi connectivity index (χ3v) is 1.54. The van der Waals surface area contributed by atoms with Gasteiger partial charge < -0.3 is 4.74 Å². The van der Waals surface area contributed by atoms with Crippen molar-refractivity contribution in [2.45, 2.75) is 19.9 Å². The summed E-state index contributed by atoms with van der Waals surface area (Å²) in [5, 5.41) is 2.20. The van der Waals surface area contributed by atoms with E-state index in [0.29, 0.717) is 0 Å². The van der Waals surface area contributed by atoms with Gasteiger partial charge in [-0.25, -0.2) is 4.99 Å². The number of aliphatic imine (C=N–C) groups is 1. The molecule has 1 atom stereocenters. The molecule has 12 heavy (non-hydrogen) atoms. The van der Waals surface area contributed by atoms with Gasteiger partial charge in [-0.05, 0) is 12.2 Å². The number of rotatable bonds is 5. The van der Waals surface area contributed by atoms with Gasteiger partial charge in [0, 0.05) is 13.0 Å². The minimum atomic E-state index is -0.479. The van der Waals surface area contributed by atoms with Crippen LogP contribution in [0.15, 0.2) is 4.99 Å². The fourth-order valence-electron chi connectivity index (χ4n) is 0.789. The summed E-state index contributed by atoms with van der Waals surface area (Å²) in [6.07, 6.45) is 0. The summed E-state index contributed by atoms with van der Waals surface area (Å²) in [7, 11) is 1.53. The van der Waals surface area contributed by atoms with E-state index in [9.17, 15) is 4.79 Å². The summed E-state index contributed by atoms with van der Waals surface area (Å²) < 4.78 is 4.83. The van der Waals surface area contributed by atoms with Crippen LogP contribution in [-0.2, 0) is 9.53 Å². The number of Topliss-reactive ketones (excluding diaryl/α,β-unsaturated/α-hetero) is 1. The highest BCUT2D eigenvalue weighted by atomic mass is 32.1. The molecule has 0 spiro atoms. The Balaban J connectivity index is 4.28. The van der Waals surface area contributed by atoms with Crippen LogP contribution in [0.3, 0.4) is 0 Å². The lowest BCUT2D eigenvalue weighted by molar-refractivity contribution is -0.124. The summed E-state index contributed by atoms with van der Waals surface area (Å²) in [5.74, 6) is -0.00792. The SMILES string of the molecule is COCC(N=C=S)C(=O)C(C)C. The van der Waals surface area contributed by atoms with Gasteiger partial charge in [-0.15, -0.1) is 0 Å². The Morgan fingerprint density at radius 1 is 1.67 bits per heavy atom. The maximum Gasteiger partial charge on any atom is 0.163 e. The first-order chi connectivity index (χ1) is 5.63. The van der Waals surface area contributed by atoms with E-state index in [1.54, 1.807) is 0 Å². The standard InChI is InChI=1S/C8H13NO2S/c1-6(2)8(10)7(4-11-3)9-5-12/h6-7H,4H2,1-3H3. The molecule has 0 bridgehead atoms. The van der Waals surface area contributed by atoms with Crippen LogP contribution in [0.2, 0.25) is 0 Å². The minimum absolute atomic E-state index is 0.0363. The highest BCUT2D eigenvalue weighted by Gasteiger charge is 2.19. The highest BCUT2D eigenvalue weighted by Crippen LogP contribution is 2.03. The maximum absolute atomic E-state index is 11.4. The number of hydrogen-bond acceptors (Lipinski definition) is 4. The molecule has 1 unspecified atom stereocenters. The number of ketones is 1. The first-order valence-electron chi connectivity index (χ1n) is 3.73. The minimum Gasteiger partial charge on any atom is -0.382 e. The molecule has 0 heterocycles. The molecule has 3 nitrogen and oxygen atoms in total. The second kappa shape index (κ2) is 6.00. The van der Waals surface area contributed by atoms with E-state index in [-0.39, 0.29) is 18.3 Å². The molecule has 0 aliphatic carbocycles. The lowest BCUT2D eigenvalue weighted by Gasteiger charge is -2.10.